The van der Waals surface area contributed by atoms with Crippen molar-refractivity contribution in [1.29, 1.82) is 0 Å². The molecule has 25 heavy (non-hydrogen) atoms. The molecule has 3 nitrogen and oxygen atoms in total. The summed E-state index contributed by atoms with van der Waals surface area (Å²) in [4.78, 5) is 2.42. The van der Waals surface area contributed by atoms with Crippen LogP contribution in [0.25, 0.3) is 0 Å². The highest BCUT2D eigenvalue weighted by Crippen LogP contribution is 2.31. The lowest BCUT2D eigenvalue weighted by Gasteiger charge is -2.25. The van der Waals surface area contributed by atoms with Crippen molar-refractivity contribution in [2.75, 3.05) is 23.3 Å². The zero-order valence-electron chi connectivity index (χ0n) is 14.1. The van der Waals surface area contributed by atoms with Gasteiger partial charge in [0.15, 0.2) is 16.7 Å². The first-order valence-corrected chi connectivity index (χ1v) is 8.80. The lowest BCUT2D eigenvalue weighted by atomic mass is 10.1. The number of nitrogens with zero attached hydrogens (tertiary/aromatic N) is 1. The maximum absolute atomic E-state index is 13.2. The summed E-state index contributed by atoms with van der Waals surface area (Å²) in [7, 11) is 0. The van der Waals surface area contributed by atoms with E-state index in [9.17, 15) is 8.78 Å². The fraction of sp³-hybridized carbons (Fsp3) is 0.316. The molecule has 0 saturated carbocycles. The molecule has 1 aliphatic rings. The molecule has 0 saturated heterocycles. The average Bonchev–Trinajstić information content (AvgIpc) is 2.90. The second-order valence-electron chi connectivity index (χ2n) is 6.24. The van der Waals surface area contributed by atoms with Gasteiger partial charge in [0, 0.05) is 36.6 Å². The molecular formula is C19H21F2N3S. The highest BCUT2D eigenvalue weighted by molar-refractivity contribution is 7.80. The lowest BCUT2D eigenvalue weighted by molar-refractivity contribution is 0.509. The van der Waals surface area contributed by atoms with Crippen LogP contribution >= 0.6 is 12.2 Å². The Morgan fingerprint density at radius 2 is 2.00 bits per heavy atom. The Morgan fingerprint density at radius 1 is 1.20 bits per heavy atom. The van der Waals surface area contributed by atoms with Crippen molar-refractivity contribution < 1.29 is 8.78 Å². The lowest BCUT2D eigenvalue weighted by Crippen LogP contribution is -2.34. The van der Waals surface area contributed by atoms with Gasteiger partial charge >= 0.3 is 0 Å². The Labute approximate surface area is 152 Å². The molecule has 1 heterocycles. The van der Waals surface area contributed by atoms with E-state index in [1.54, 1.807) is 0 Å². The van der Waals surface area contributed by atoms with E-state index in [1.807, 2.05) is 0 Å². The minimum Gasteiger partial charge on any atom is -0.368 e. The third kappa shape index (κ3) is 4.25. The van der Waals surface area contributed by atoms with Gasteiger partial charge in [-0.2, -0.15) is 0 Å². The predicted octanol–water partition coefficient (Wildman–Crippen LogP) is 4.09. The fourth-order valence-electron chi connectivity index (χ4n) is 3.17. The van der Waals surface area contributed by atoms with Gasteiger partial charge in [-0.15, -0.1) is 0 Å². The zero-order chi connectivity index (χ0) is 17.8. The van der Waals surface area contributed by atoms with Crippen LogP contribution in [-0.4, -0.2) is 24.2 Å². The molecule has 1 atom stereocenters. The molecule has 1 aliphatic heterocycles. The number of fused-ring (bicyclic) bond motifs is 1. The maximum atomic E-state index is 13.2. The molecule has 132 valence electrons. The summed E-state index contributed by atoms with van der Waals surface area (Å²) in [5.41, 5.74) is 3.15. The van der Waals surface area contributed by atoms with Gasteiger partial charge in [0.05, 0.1) is 0 Å². The van der Waals surface area contributed by atoms with Crippen molar-refractivity contribution in [3.05, 3.63) is 59.7 Å². The van der Waals surface area contributed by atoms with Crippen LogP contribution in [0.15, 0.2) is 42.5 Å². The molecule has 0 spiro atoms. The zero-order valence-corrected chi connectivity index (χ0v) is 14.9. The molecule has 0 bridgehead atoms. The van der Waals surface area contributed by atoms with E-state index >= 15 is 0 Å². The normalized spacial score (nSPS) is 15.8. The van der Waals surface area contributed by atoms with E-state index in [1.165, 1.54) is 17.3 Å². The summed E-state index contributed by atoms with van der Waals surface area (Å²) in [6, 6.07) is 12.6. The third-order valence-electron chi connectivity index (χ3n) is 4.39. The summed E-state index contributed by atoms with van der Waals surface area (Å²) in [6.07, 6.45) is 2.01. The third-order valence-corrected chi connectivity index (χ3v) is 4.63. The minimum absolute atomic E-state index is 0.404. The first-order valence-electron chi connectivity index (χ1n) is 8.39. The topological polar surface area (TPSA) is 27.3 Å². The number of anilines is 2. The molecule has 6 heteroatoms. The molecule has 0 aromatic heterocycles. The van der Waals surface area contributed by atoms with Crippen molar-refractivity contribution in [3.63, 3.8) is 0 Å². The van der Waals surface area contributed by atoms with Gasteiger partial charge in [0.1, 0.15) is 0 Å². The second-order valence-corrected chi connectivity index (χ2v) is 6.65. The quantitative estimate of drug-likeness (QED) is 0.620. The molecule has 0 unspecified atom stereocenters. The van der Waals surface area contributed by atoms with Crippen molar-refractivity contribution in [2.24, 2.45) is 0 Å². The van der Waals surface area contributed by atoms with Crippen LogP contribution in [0.1, 0.15) is 18.9 Å². The van der Waals surface area contributed by atoms with Crippen molar-refractivity contribution >= 4 is 28.7 Å². The van der Waals surface area contributed by atoms with Crippen LogP contribution in [0.4, 0.5) is 20.2 Å². The highest BCUT2D eigenvalue weighted by Gasteiger charge is 2.24. The summed E-state index contributed by atoms with van der Waals surface area (Å²) >= 11 is 5.19. The number of benzene rings is 2. The van der Waals surface area contributed by atoms with Gasteiger partial charge in [0.25, 0.3) is 0 Å². The standard InChI is InChI=1S/C19H21F2N3S/c1-13-11-14-5-2-3-6-18(14)24(13)10-4-9-22-19(25)23-15-7-8-16(20)17(21)12-15/h2-3,5-8,12-13H,4,9-11H2,1H3,(H2,22,23,25)/t13-/m0/s1. The van der Waals surface area contributed by atoms with Gasteiger partial charge in [0.2, 0.25) is 0 Å². The number of hydrogen-bond donors (Lipinski definition) is 2. The molecule has 3 rings (SSSR count). The van der Waals surface area contributed by atoms with Crippen molar-refractivity contribution in [2.45, 2.75) is 25.8 Å². The van der Waals surface area contributed by atoms with Gasteiger partial charge in [-0.1, -0.05) is 18.2 Å². The van der Waals surface area contributed by atoms with Crippen LogP contribution in [-0.2, 0) is 6.42 Å². The van der Waals surface area contributed by atoms with Gasteiger partial charge in [-0.3, -0.25) is 0 Å². The molecule has 2 N–H and O–H groups in total. The van der Waals surface area contributed by atoms with Crippen LogP contribution in [0, 0.1) is 11.6 Å². The molecule has 0 aliphatic carbocycles. The van der Waals surface area contributed by atoms with E-state index in [-0.39, 0.29) is 0 Å². The van der Waals surface area contributed by atoms with Crippen molar-refractivity contribution in [1.82, 2.24) is 5.32 Å². The summed E-state index contributed by atoms with van der Waals surface area (Å²) in [5, 5.41) is 6.37. The smallest absolute Gasteiger partial charge is 0.170 e. The van der Waals surface area contributed by atoms with E-state index < -0.39 is 11.6 Å². The molecular weight excluding hydrogens is 340 g/mol. The number of halogens is 2. The number of hydrogen-bond acceptors (Lipinski definition) is 2. The molecule has 0 amide bonds. The van der Waals surface area contributed by atoms with E-state index in [0.717, 1.165) is 31.5 Å². The maximum Gasteiger partial charge on any atom is 0.170 e. The van der Waals surface area contributed by atoms with Gasteiger partial charge in [-0.25, -0.2) is 8.78 Å². The van der Waals surface area contributed by atoms with Gasteiger partial charge < -0.3 is 15.5 Å². The second kappa shape index (κ2) is 7.78. The number of nitrogens with one attached hydrogen (secondary N) is 2. The highest BCUT2D eigenvalue weighted by atomic mass is 32.1. The Bertz CT molecular complexity index is 766. The van der Waals surface area contributed by atoms with Gasteiger partial charge in [-0.05, 0) is 55.7 Å². The summed E-state index contributed by atoms with van der Waals surface area (Å²) in [5.74, 6) is -1.76. The Hall–Kier alpha value is -2.21. The Kier molecular flexibility index (Phi) is 5.48. The summed E-state index contributed by atoms with van der Waals surface area (Å²) < 4.78 is 26.1. The van der Waals surface area contributed by atoms with E-state index in [0.29, 0.717) is 23.4 Å². The van der Waals surface area contributed by atoms with Crippen LogP contribution < -0.4 is 15.5 Å². The SMILES string of the molecule is C[C@H]1Cc2ccccc2N1CCCNC(=S)Nc1ccc(F)c(F)c1. The number of thiocarbonyl (C=S) groups is 1. The molecule has 2 aromatic rings. The summed E-state index contributed by atoms with van der Waals surface area (Å²) in [6.45, 7) is 3.89. The number of para-hydroxylation sites is 1. The monoisotopic (exact) mass is 361 g/mol. The van der Waals surface area contributed by atoms with Crippen LogP contribution in [0.3, 0.4) is 0 Å². The molecule has 0 fully saturated rings. The first-order chi connectivity index (χ1) is 12.0. The van der Waals surface area contributed by atoms with Crippen LogP contribution in [0.5, 0.6) is 0 Å². The molecule has 0 radical (unpaired) electrons. The van der Waals surface area contributed by atoms with Crippen LogP contribution in [0.2, 0.25) is 0 Å². The first kappa shape index (κ1) is 17.6. The number of rotatable bonds is 5. The largest absolute Gasteiger partial charge is 0.368 e. The molecule has 2 aromatic carbocycles. The fourth-order valence-corrected chi connectivity index (χ4v) is 3.39. The average molecular weight is 361 g/mol. The predicted molar refractivity (Wildman–Crippen MR) is 102 cm³/mol. The Balaban J connectivity index is 1.44. The van der Waals surface area contributed by atoms with E-state index in [4.69, 9.17) is 12.2 Å². The van der Waals surface area contributed by atoms with Crippen molar-refractivity contribution in [3.8, 4) is 0 Å². The Morgan fingerprint density at radius 3 is 2.80 bits per heavy atom. The van der Waals surface area contributed by atoms with E-state index in [2.05, 4.69) is 46.7 Å². The minimum atomic E-state index is -0.894.